The summed E-state index contributed by atoms with van der Waals surface area (Å²) < 4.78 is 11.5. The fraction of sp³-hybridized carbons (Fsp3) is 0.696. The van der Waals surface area contributed by atoms with Crippen molar-refractivity contribution in [1.82, 2.24) is 0 Å². The quantitative estimate of drug-likeness (QED) is 0.424. The molecule has 0 bridgehead atoms. The van der Waals surface area contributed by atoms with E-state index in [-0.39, 0.29) is 11.8 Å². The highest BCUT2D eigenvalue weighted by molar-refractivity contribution is 5.97. The molecule has 4 heteroatoms. The molecule has 0 amide bonds. The lowest BCUT2D eigenvalue weighted by Crippen LogP contribution is -2.16. The Morgan fingerprint density at radius 3 is 2.48 bits per heavy atom. The van der Waals surface area contributed by atoms with E-state index in [9.17, 15) is 5.11 Å². The summed E-state index contributed by atoms with van der Waals surface area (Å²) in [5.74, 6) is 1.91. The van der Waals surface area contributed by atoms with Crippen LogP contribution in [0.15, 0.2) is 23.2 Å². The molecule has 1 unspecified atom stereocenters. The lowest BCUT2D eigenvalue weighted by molar-refractivity contribution is 0.281. The average Bonchev–Trinajstić information content (AvgIpc) is 3.16. The van der Waals surface area contributed by atoms with Crippen LogP contribution in [0.4, 0.5) is 0 Å². The van der Waals surface area contributed by atoms with E-state index in [2.05, 4.69) is 25.8 Å². The van der Waals surface area contributed by atoms with Crippen LogP contribution in [0.25, 0.3) is 0 Å². The van der Waals surface area contributed by atoms with Crippen LogP contribution in [0, 0.1) is 5.92 Å². The highest BCUT2D eigenvalue weighted by atomic mass is 16.5. The summed E-state index contributed by atoms with van der Waals surface area (Å²) in [5, 5.41) is 10.3. The monoisotopic (exact) mass is 375 g/mol. The van der Waals surface area contributed by atoms with E-state index >= 15 is 0 Å². The molecule has 4 nitrogen and oxygen atoms in total. The third-order valence-electron chi connectivity index (χ3n) is 5.44. The first-order valence-corrected chi connectivity index (χ1v) is 10.8. The van der Waals surface area contributed by atoms with Crippen LogP contribution in [0.5, 0.6) is 11.5 Å². The molecule has 1 aliphatic heterocycles. The first kappa shape index (κ1) is 21.6. The zero-order chi connectivity index (χ0) is 19.5. The van der Waals surface area contributed by atoms with Crippen molar-refractivity contribution < 1.29 is 14.6 Å². The molecule has 1 heterocycles. The Bertz CT molecular complexity index is 585. The maximum atomic E-state index is 10.3. The Balaban J connectivity index is 1.72. The van der Waals surface area contributed by atoms with Gasteiger partial charge in [0.1, 0.15) is 18.1 Å². The predicted octanol–water partition coefficient (Wildman–Crippen LogP) is 6.10. The highest BCUT2D eigenvalue weighted by Crippen LogP contribution is 2.28. The smallest absolute Gasteiger partial charge is 0.220 e. The van der Waals surface area contributed by atoms with E-state index in [0.29, 0.717) is 36.3 Å². The molecular formula is C23H37NO3. The standard InChI is InChI=1S/C23H37NO3/c1-4-6-7-8-9-10-11-12-15-26-19-13-14-20(22(25)16-19)23-24-21(17-27-23)18(3)5-2/h13-14,16,18,21,25H,4-12,15,17H2,1-3H3/t18-,21?/m0/s1. The SMILES string of the molecule is CCCCCCCCCCOc1ccc(C2=NC([C@@H](C)CC)CO2)c(O)c1. The Labute approximate surface area is 165 Å². The zero-order valence-corrected chi connectivity index (χ0v) is 17.4. The summed E-state index contributed by atoms with van der Waals surface area (Å²) in [6.45, 7) is 7.89. The minimum absolute atomic E-state index is 0.173. The lowest BCUT2D eigenvalue weighted by atomic mass is 10.0. The summed E-state index contributed by atoms with van der Waals surface area (Å²) in [5.41, 5.74) is 0.653. The second kappa shape index (κ2) is 11.9. The summed E-state index contributed by atoms with van der Waals surface area (Å²) in [6, 6.07) is 5.59. The number of phenolic OH excluding ortho intramolecular Hbond substituents is 1. The van der Waals surface area contributed by atoms with Crippen molar-refractivity contribution in [3.05, 3.63) is 23.8 Å². The Hall–Kier alpha value is -1.71. The van der Waals surface area contributed by atoms with Gasteiger partial charge in [-0.15, -0.1) is 0 Å². The first-order chi connectivity index (χ1) is 13.2. The number of hydrogen-bond donors (Lipinski definition) is 1. The highest BCUT2D eigenvalue weighted by Gasteiger charge is 2.25. The van der Waals surface area contributed by atoms with Gasteiger partial charge in [-0.2, -0.15) is 0 Å². The van der Waals surface area contributed by atoms with Crippen molar-refractivity contribution in [1.29, 1.82) is 0 Å². The van der Waals surface area contributed by atoms with E-state index in [0.717, 1.165) is 12.8 Å². The Morgan fingerprint density at radius 1 is 1.11 bits per heavy atom. The number of phenols is 1. The molecule has 0 fully saturated rings. The van der Waals surface area contributed by atoms with E-state index in [1.807, 2.05) is 12.1 Å². The van der Waals surface area contributed by atoms with E-state index in [1.54, 1.807) is 6.07 Å². The molecule has 1 aromatic rings. The van der Waals surface area contributed by atoms with E-state index in [1.165, 1.54) is 44.9 Å². The number of aliphatic imine (C=N–C) groups is 1. The number of ether oxygens (including phenoxy) is 2. The molecule has 0 saturated heterocycles. The molecule has 1 aromatic carbocycles. The second-order valence-corrected chi connectivity index (χ2v) is 7.70. The Morgan fingerprint density at radius 2 is 1.81 bits per heavy atom. The van der Waals surface area contributed by atoms with Crippen molar-refractivity contribution in [2.24, 2.45) is 10.9 Å². The maximum Gasteiger partial charge on any atom is 0.220 e. The third kappa shape index (κ3) is 7.08. The van der Waals surface area contributed by atoms with Crippen LogP contribution in [0.1, 0.15) is 84.1 Å². The fourth-order valence-corrected chi connectivity index (χ4v) is 3.31. The summed E-state index contributed by atoms with van der Waals surface area (Å²) in [7, 11) is 0. The van der Waals surface area contributed by atoms with Crippen LogP contribution in [-0.4, -0.2) is 30.3 Å². The maximum absolute atomic E-state index is 10.3. The van der Waals surface area contributed by atoms with Crippen molar-refractivity contribution in [3.8, 4) is 11.5 Å². The van der Waals surface area contributed by atoms with Crippen molar-refractivity contribution in [2.45, 2.75) is 84.6 Å². The first-order valence-electron chi connectivity index (χ1n) is 10.8. The number of nitrogens with zero attached hydrogens (tertiary/aromatic N) is 1. The summed E-state index contributed by atoms with van der Waals surface area (Å²) in [4.78, 5) is 4.64. The predicted molar refractivity (Wildman–Crippen MR) is 112 cm³/mol. The van der Waals surface area contributed by atoms with Gasteiger partial charge in [0, 0.05) is 6.07 Å². The molecule has 0 radical (unpaired) electrons. The van der Waals surface area contributed by atoms with Gasteiger partial charge in [0.2, 0.25) is 5.90 Å². The number of hydrogen-bond acceptors (Lipinski definition) is 4. The Kier molecular flexibility index (Phi) is 9.51. The molecule has 0 spiro atoms. The van der Waals surface area contributed by atoms with Crippen molar-refractivity contribution >= 4 is 5.90 Å². The van der Waals surface area contributed by atoms with Crippen LogP contribution in [0.2, 0.25) is 0 Å². The number of aromatic hydroxyl groups is 1. The van der Waals surface area contributed by atoms with Gasteiger partial charge in [-0.3, -0.25) is 0 Å². The van der Waals surface area contributed by atoms with Gasteiger partial charge in [0.15, 0.2) is 0 Å². The van der Waals surface area contributed by atoms with Crippen LogP contribution in [0.3, 0.4) is 0 Å². The van der Waals surface area contributed by atoms with Crippen LogP contribution >= 0.6 is 0 Å². The number of unbranched alkanes of at least 4 members (excludes halogenated alkanes) is 7. The van der Waals surface area contributed by atoms with E-state index in [4.69, 9.17) is 9.47 Å². The molecule has 0 saturated carbocycles. The van der Waals surface area contributed by atoms with Gasteiger partial charge in [0.05, 0.1) is 18.2 Å². The molecular weight excluding hydrogens is 338 g/mol. The van der Waals surface area contributed by atoms with Gasteiger partial charge in [0.25, 0.3) is 0 Å². The molecule has 152 valence electrons. The van der Waals surface area contributed by atoms with Gasteiger partial charge in [-0.25, -0.2) is 4.99 Å². The van der Waals surface area contributed by atoms with Gasteiger partial charge in [-0.05, 0) is 24.5 Å². The minimum Gasteiger partial charge on any atom is -0.507 e. The molecule has 0 aliphatic carbocycles. The van der Waals surface area contributed by atoms with E-state index < -0.39 is 0 Å². The molecule has 1 aliphatic rings. The minimum atomic E-state index is 0.173. The summed E-state index contributed by atoms with van der Waals surface area (Å²) >= 11 is 0. The zero-order valence-electron chi connectivity index (χ0n) is 17.4. The van der Waals surface area contributed by atoms with Crippen molar-refractivity contribution in [2.75, 3.05) is 13.2 Å². The third-order valence-corrected chi connectivity index (χ3v) is 5.44. The molecule has 2 rings (SSSR count). The molecule has 1 N–H and O–H groups in total. The largest absolute Gasteiger partial charge is 0.507 e. The molecule has 27 heavy (non-hydrogen) atoms. The molecule has 0 aromatic heterocycles. The van der Waals surface area contributed by atoms with Crippen molar-refractivity contribution in [3.63, 3.8) is 0 Å². The van der Waals surface area contributed by atoms with Crippen LogP contribution < -0.4 is 4.74 Å². The molecule has 2 atom stereocenters. The topological polar surface area (TPSA) is 51.0 Å². The number of benzene rings is 1. The summed E-state index contributed by atoms with van der Waals surface area (Å²) in [6.07, 6.45) is 11.3. The number of rotatable bonds is 13. The van der Waals surface area contributed by atoms with Gasteiger partial charge in [-0.1, -0.05) is 72.1 Å². The fourth-order valence-electron chi connectivity index (χ4n) is 3.31. The van der Waals surface area contributed by atoms with Crippen LogP contribution in [-0.2, 0) is 4.74 Å². The lowest BCUT2D eigenvalue weighted by Gasteiger charge is -2.11. The van der Waals surface area contributed by atoms with Gasteiger partial charge >= 0.3 is 0 Å². The normalized spacial score (nSPS) is 17.4. The van der Waals surface area contributed by atoms with Gasteiger partial charge < -0.3 is 14.6 Å². The second-order valence-electron chi connectivity index (χ2n) is 7.70. The average molecular weight is 376 g/mol.